The lowest BCUT2D eigenvalue weighted by Gasteiger charge is -2.30. The Kier molecular flexibility index (Phi) is 6.33. The first-order valence-electron chi connectivity index (χ1n) is 7.03. The Labute approximate surface area is 110 Å². The van der Waals surface area contributed by atoms with Crippen molar-refractivity contribution in [2.45, 2.75) is 51.5 Å². The molecule has 1 aliphatic rings. The van der Waals surface area contributed by atoms with Crippen molar-refractivity contribution in [3.63, 3.8) is 0 Å². The highest BCUT2D eigenvalue weighted by Gasteiger charge is 2.28. The van der Waals surface area contributed by atoms with Crippen LogP contribution in [0.4, 0.5) is 0 Å². The molecule has 0 saturated heterocycles. The van der Waals surface area contributed by atoms with Crippen LogP contribution in [0, 0.1) is 0 Å². The number of hydrogen-bond donors (Lipinski definition) is 0. The minimum Gasteiger partial charge on any atom is -0.348 e. The average Bonchev–Trinajstić information content (AvgIpc) is 2.53. The predicted molar refractivity (Wildman–Crippen MR) is 72.4 cm³/mol. The Morgan fingerprint density at radius 3 is 2.61 bits per heavy atom. The van der Waals surface area contributed by atoms with Gasteiger partial charge in [0.05, 0.1) is 12.6 Å². The summed E-state index contributed by atoms with van der Waals surface area (Å²) in [6, 6.07) is -0.0312. The first kappa shape index (κ1) is 15.2. The Hall–Kier alpha value is -0.900. The summed E-state index contributed by atoms with van der Waals surface area (Å²) in [5.74, 6) is 0.410. The van der Waals surface area contributed by atoms with Gasteiger partial charge in [0.2, 0.25) is 5.91 Å². The molecule has 0 heterocycles. The van der Waals surface area contributed by atoms with E-state index in [0.717, 1.165) is 38.6 Å². The highest BCUT2D eigenvalue weighted by Crippen LogP contribution is 2.19. The molecule has 1 saturated carbocycles. The second kappa shape index (κ2) is 7.52. The molecule has 0 aromatic carbocycles. The lowest BCUT2D eigenvalue weighted by molar-refractivity contribution is -0.132. The molecule has 1 rings (SSSR count). The molecule has 0 aliphatic heterocycles. The second-order valence-corrected chi connectivity index (χ2v) is 5.34. The summed E-state index contributed by atoms with van der Waals surface area (Å²) in [4.78, 5) is 27.6. The van der Waals surface area contributed by atoms with Crippen LogP contribution in [0.3, 0.4) is 0 Å². The molecule has 4 nitrogen and oxygen atoms in total. The molecule has 1 amide bonds. The molecule has 0 N–H and O–H groups in total. The summed E-state index contributed by atoms with van der Waals surface area (Å²) in [6.45, 7) is 3.29. The summed E-state index contributed by atoms with van der Waals surface area (Å²) in [7, 11) is 3.53. The smallest absolute Gasteiger partial charge is 0.236 e. The maximum Gasteiger partial charge on any atom is 0.236 e. The van der Waals surface area contributed by atoms with E-state index in [2.05, 4.69) is 11.8 Å². The van der Waals surface area contributed by atoms with Gasteiger partial charge in [-0.2, -0.15) is 0 Å². The molecule has 104 valence electrons. The highest BCUT2D eigenvalue weighted by atomic mass is 16.2. The Morgan fingerprint density at radius 1 is 1.28 bits per heavy atom. The lowest BCUT2D eigenvalue weighted by Crippen LogP contribution is -2.46. The van der Waals surface area contributed by atoms with Crippen molar-refractivity contribution in [2.24, 2.45) is 0 Å². The maximum atomic E-state index is 12.1. The van der Waals surface area contributed by atoms with Crippen LogP contribution in [0.15, 0.2) is 0 Å². The average molecular weight is 254 g/mol. The molecule has 0 radical (unpaired) electrons. The van der Waals surface area contributed by atoms with Crippen LogP contribution in [0.5, 0.6) is 0 Å². The number of Topliss-reactive ketones (excluding diaryl/α,β-unsaturated/α-hetero) is 1. The number of rotatable bonds is 5. The first-order chi connectivity index (χ1) is 8.56. The van der Waals surface area contributed by atoms with Gasteiger partial charge in [0.1, 0.15) is 5.78 Å². The molecule has 1 atom stereocenters. The zero-order chi connectivity index (χ0) is 13.5. The van der Waals surface area contributed by atoms with Crippen LogP contribution in [-0.4, -0.2) is 54.7 Å². The van der Waals surface area contributed by atoms with Crippen molar-refractivity contribution in [3.8, 4) is 0 Å². The van der Waals surface area contributed by atoms with Gasteiger partial charge in [0.15, 0.2) is 0 Å². The molecule has 0 aromatic rings. The monoisotopic (exact) mass is 254 g/mol. The lowest BCUT2D eigenvalue weighted by atomic mass is 10.1. The first-order valence-corrected chi connectivity index (χ1v) is 7.03. The molecule has 0 bridgehead atoms. The van der Waals surface area contributed by atoms with Crippen molar-refractivity contribution in [1.29, 1.82) is 0 Å². The Balaban J connectivity index is 2.69. The number of carbonyl (C=O) groups excluding carboxylic acids is 2. The van der Waals surface area contributed by atoms with E-state index in [-0.39, 0.29) is 11.9 Å². The van der Waals surface area contributed by atoms with Crippen molar-refractivity contribution >= 4 is 11.7 Å². The number of likely N-dealkylation sites (N-methyl/N-ethyl adjacent to an activating group) is 1. The van der Waals surface area contributed by atoms with E-state index in [1.54, 1.807) is 19.0 Å². The Morgan fingerprint density at radius 2 is 2.00 bits per heavy atom. The largest absolute Gasteiger partial charge is 0.348 e. The van der Waals surface area contributed by atoms with Crippen LogP contribution in [0.25, 0.3) is 0 Å². The van der Waals surface area contributed by atoms with Gasteiger partial charge in [-0.1, -0.05) is 19.8 Å². The van der Waals surface area contributed by atoms with E-state index in [4.69, 9.17) is 0 Å². The molecule has 18 heavy (non-hydrogen) atoms. The van der Waals surface area contributed by atoms with Gasteiger partial charge in [-0.25, -0.2) is 0 Å². The van der Waals surface area contributed by atoms with Crippen LogP contribution < -0.4 is 0 Å². The fraction of sp³-hybridized carbons (Fsp3) is 0.857. The third-order valence-corrected chi connectivity index (χ3v) is 3.56. The summed E-state index contributed by atoms with van der Waals surface area (Å²) < 4.78 is 0. The molecular weight excluding hydrogens is 228 g/mol. The molecule has 1 unspecified atom stereocenters. The zero-order valence-corrected chi connectivity index (χ0v) is 11.9. The fourth-order valence-electron chi connectivity index (χ4n) is 2.47. The van der Waals surface area contributed by atoms with Gasteiger partial charge in [-0.15, -0.1) is 0 Å². The van der Waals surface area contributed by atoms with Gasteiger partial charge >= 0.3 is 0 Å². The number of ketones is 1. The number of amides is 1. The molecule has 0 aromatic heterocycles. The normalized spacial score (nSPS) is 20.9. The van der Waals surface area contributed by atoms with Crippen molar-refractivity contribution in [1.82, 2.24) is 9.80 Å². The summed E-state index contributed by atoms with van der Waals surface area (Å²) in [5, 5.41) is 0. The van der Waals surface area contributed by atoms with E-state index < -0.39 is 0 Å². The van der Waals surface area contributed by atoms with Gasteiger partial charge in [-0.05, 0) is 25.8 Å². The molecule has 0 spiro atoms. The van der Waals surface area contributed by atoms with E-state index in [1.165, 1.54) is 0 Å². The van der Waals surface area contributed by atoms with Gasteiger partial charge < -0.3 is 4.90 Å². The molecular formula is C14H26N2O2. The Bertz CT molecular complexity index is 290. The topological polar surface area (TPSA) is 40.6 Å². The van der Waals surface area contributed by atoms with Crippen molar-refractivity contribution in [3.05, 3.63) is 0 Å². The number of carbonyl (C=O) groups is 2. The van der Waals surface area contributed by atoms with Crippen molar-refractivity contribution < 1.29 is 9.59 Å². The van der Waals surface area contributed by atoms with E-state index in [0.29, 0.717) is 18.7 Å². The SMILES string of the molecule is CCCN(CC(=O)N(C)C)C1CCCCCC1=O. The van der Waals surface area contributed by atoms with E-state index in [1.807, 2.05) is 0 Å². The van der Waals surface area contributed by atoms with Gasteiger partial charge in [0, 0.05) is 20.5 Å². The molecule has 1 fully saturated rings. The fourth-order valence-corrected chi connectivity index (χ4v) is 2.47. The number of nitrogens with zero attached hydrogens (tertiary/aromatic N) is 2. The highest BCUT2D eigenvalue weighted by molar-refractivity contribution is 5.85. The second-order valence-electron chi connectivity index (χ2n) is 5.34. The van der Waals surface area contributed by atoms with Crippen LogP contribution in [0.1, 0.15) is 45.4 Å². The number of hydrogen-bond acceptors (Lipinski definition) is 3. The molecule has 1 aliphatic carbocycles. The molecule has 4 heteroatoms. The third-order valence-electron chi connectivity index (χ3n) is 3.56. The van der Waals surface area contributed by atoms with Crippen LogP contribution >= 0.6 is 0 Å². The maximum absolute atomic E-state index is 12.1. The van der Waals surface area contributed by atoms with E-state index in [9.17, 15) is 9.59 Å². The minimum atomic E-state index is -0.0312. The van der Waals surface area contributed by atoms with Crippen LogP contribution in [-0.2, 0) is 9.59 Å². The van der Waals surface area contributed by atoms with E-state index >= 15 is 0 Å². The summed E-state index contributed by atoms with van der Waals surface area (Å²) in [6.07, 6.45) is 5.83. The zero-order valence-electron chi connectivity index (χ0n) is 11.9. The van der Waals surface area contributed by atoms with Gasteiger partial charge in [-0.3, -0.25) is 14.5 Å². The summed E-state index contributed by atoms with van der Waals surface area (Å²) in [5.41, 5.74) is 0. The summed E-state index contributed by atoms with van der Waals surface area (Å²) >= 11 is 0. The van der Waals surface area contributed by atoms with Gasteiger partial charge in [0.25, 0.3) is 0 Å². The predicted octanol–water partition coefficient (Wildman–Crippen LogP) is 1.69. The third kappa shape index (κ3) is 4.41. The quantitative estimate of drug-likeness (QED) is 0.701. The van der Waals surface area contributed by atoms with Crippen LogP contribution in [0.2, 0.25) is 0 Å². The van der Waals surface area contributed by atoms with Crippen molar-refractivity contribution in [2.75, 3.05) is 27.2 Å². The minimum absolute atomic E-state index is 0.0312. The standard InChI is InChI=1S/C14H26N2O2/c1-4-10-16(11-14(18)15(2)3)12-8-6-5-7-9-13(12)17/h12H,4-11H2,1-3H3.